The van der Waals surface area contributed by atoms with Crippen LogP contribution >= 0.6 is 0 Å². The van der Waals surface area contributed by atoms with Gasteiger partial charge in [0.15, 0.2) is 5.78 Å². The van der Waals surface area contributed by atoms with Gasteiger partial charge < -0.3 is 51.5 Å². The zero-order chi connectivity index (χ0) is 56.8. The summed E-state index contributed by atoms with van der Waals surface area (Å²) in [4.78, 5) is 121. The highest BCUT2D eigenvalue weighted by Crippen LogP contribution is 2.36. The fourth-order valence-corrected chi connectivity index (χ4v) is 9.85. The summed E-state index contributed by atoms with van der Waals surface area (Å²) in [5, 5.41) is 29.7. The van der Waals surface area contributed by atoms with Crippen LogP contribution in [0.1, 0.15) is 111 Å². The maximum Gasteiger partial charge on any atom is 0.410 e. The number of benzene rings is 3. The Hall–Kier alpha value is -8.44. The van der Waals surface area contributed by atoms with Crippen LogP contribution in [0, 0.1) is 17.7 Å². The Labute approximate surface area is 456 Å². The van der Waals surface area contributed by atoms with E-state index in [2.05, 4.69) is 31.6 Å². The molecule has 0 bridgehead atoms. The van der Waals surface area contributed by atoms with E-state index < -0.39 is 65.6 Å². The maximum absolute atomic E-state index is 15.5. The molecule has 0 saturated carbocycles. The molecule has 4 heterocycles. The van der Waals surface area contributed by atoms with Crippen molar-refractivity contribution in [1.29, 1.82) is 0 Å². The number of nitrogens with zero attached hydrogens (tertiary/aromatic N) is 7. The van der Waals surface area contributed by atoms with Crippen LogP contribution in [0.5, 0.6) is 0 Å². The van der Waals surface area contributed by atoms with E-state index in [1.54, 1.807) is 46.3 Å². The highest BCUT2D eigenvalue weighted by molar-refractivity contribution is 6.13. The molecule has 4 aromatic rings. The van der Waals surface area contributed by atoms with Crippen LogP contribution in [0.3, 0.4) is 0 Å². The Morgan fingerprint density at radius 2 is 1.56 bits per heavy atom. The first-order valence-electron chi connectivity index (χ1n) is 26.7. The smallest absolute Gasteiger partial charge is 0.410 e. The molecule has 3 aliphatic rings. The van der Waals surface area contributed by atoms with Crippen LogP contribution in [0.2, 0.25) is 0 Å². The molecule has 23 nitrogen and oxygen atoms in total. The number of anilines is 3. The molecule has 3 aliphatic heterocycles. The first-order valence-corrected chi connectivity index (χ1v) is 26.7. The number of nitrogens with two attached hydrogens (primary N) is 1. The number of aliphatic carboxylic acids is 1. The monoisotopic (exact) mass is 1090 g/mol. The molecular formula is C55H69FN12O11. The van der Waals surface area contributed by atoms with Crippen LogP contribution in [0.4, 0.5) is 31.0 Å². The number of ether oxygens (including phenoxy) is 1. The average molecular weight is 1090 g/mol. The SMILES string of the molecule is CCN1CC(C(=O)O)C(=O)c2cc(F)c(N3CCN(C(=O)OCc4ccc(NC(=O)[C@H](CCCNC(N)=O)n5cc([C@@H](NC(=O)[C@@H](Cc6ccccc6)NC(=O)CCCCCN6C(=O)CCC6=O)C(C)C)nn5)cc4)CC3)cc21. The van der Waals surface area contributed by atoms with E-state index in [0.29, 0.717) is 61.4 Å². The first-order chi connectivity index (χ1) is 37.9. The lowest BCUT2D eigenvalue weighted by Gasteiger charge is -2.37. The summed E-state index contributed by atoms with van der Waals surface area (Å²) in [6, 6.07) is 15.3. The van der Waals surface area contributed by atoms with E-state index >= 15 is 4.39 Å². The number of carbonyl (C=O) groups excluding carboxylic acids is 8. The summed E-state index contributed by atoms with van der Waals surface area (Å²) < 4.78 is 22.5. The van der Waals surface area contributed by atoms with E-state index in [0.717, 1.165) is 11.6 Å². The summed E-state index contributed by atoms with van der Waals surface area (Å²) in [6.45, 7) is 7.44. The predicted octanol–water partition coefficient (Wildman–Crippen LogP) is 4.48. The minimum absolute atomic E-state index is 0.0136. The van der Waals surface area contributed by atoms with Gasteiger partial charge in [0.2, 0.25) is 29.5 Å². The number of hydrogen-bond acceptors (Lipinski definition) is 14. The van der Waals surface area contributed by atoms with Crippen molar-refractivity contribution in [1.82, 2.24) is 40.7 Å². The molecule has 8 amide bonds. The zero-order valence-electron chi connectivity index (χ0n) is 44.7. The molecule has 79 heavy (non-hydrogen) atoms. The van der Waals surface area contributed by atoms with E-state index in [9.17, 15) is 48.3 Å². The number of carbonyl (C=O) groups is 9. The number of hydrogen-bond donors (Lipinski definition) is 6. The second-order valence-electron chi connectivity index (χ2n) is 20.2. The van der Waals surface area contributed by atoms with E-state index in [1.807, 2.05) is 51.1 Å². The maximum atomic E-state index is 15.5. The summed E-state index contributed by atoms with van der Waals surface area (Å²) in [5.41, 5.74) is 8.29. The molecule has 0 radical (unpaired) electrons. The number of ketones is 1. The standard InChI is InChI=1S/C55H69FN12O11/c1-4-64-31-39(53(75)76)50(72)38-29-40(56)45(30-44(38)64)65-24-26-66(27-25-65)55(78)79-33-36-16-18-37(19-17-36)59-52(74)43(14-11-22-58-54(57)77)68-32-42(62-63-68)49(34(2)3)61-51(73)41(28-35-12-7-5-8-13-35)60-46(69)15-9-6-10-23-67-47(70)20-21-48(67)71/h5,7-8,12-13,16-19,29-30,32,34,39,41,43,49H,4,6,9-11,14-15,20-28,31,33H2,1-3H3,(H,59,74)(H,60,69)(H,61,73)(H,75,76)(H3,57,58,77)/t39?,41-,43+,49+/m1/s1. The van der Waals surface area contributed by atoms with Crippen LogP contribution in [0.25, 0.3) is 0 Å². The molecule has 1 unspecified atom stereocenters. The van der Waals surface area contributed by atoms with Gasteiger partial charge in [0.25, 0.3) is 0 Å². The zero-order valence-corrected chi connectivity index (χ0v) is 44.7. The number of Topliss-reactive ketones (excluding diaryl/α,β-unsaturated/α-hetero) is 1. The highest BCUT2D eigenvalue weighted by Gasteiger charge is 2.38. The quantitative estimate of drug-likeness (QED) is 0.0303. The largest absolute Gasteiger partial charge is 0.481 e. The second kappa shape index (κ2) is 27.2. The lowest BCUT2D eigenvalue weighted by Crippen LogP contribution is -2.49. The molecule has 2 saturated heterocycles. The van der Waals surface area contributed by atoms with Crippen molar-refractivity contribution in [2.45, 2.75) is 103 Å². The Balaban J connectivity index is 0.935. The summed E-state index contributed by atoms with van der Waals surface area (Å²) in [6.07, 6.45) is 4.01. The molecule has 0 aliphatic carbocycles. The number of nitrogens with one attached hydrogen (secondary N) is 4. The fourth-order valence-electron chi connectivity index (χ4n) is 9.85. The number of carboxylic acid groups (broad SMARTS) is 1. The van der Waals surface area contributed by atoms with Crippen LogP contribution in [-0.2, 0) is 46.5 Å². The van der Waals surface area contributed by atoms with Crippen molar-refractivity contribution in [3.63, 3.8) is 0 Å². The highest BCUT2D eigenvalue weighted by atomic mass is 19.1. The number of piperazine rings is 1. The average Bonchev–Trinajstić information content (AvgIpc) is 4.09. The van der Waals surface area contributed by atoms with Crippen molar-refractivity contribution in [2.24, 2.45) is 17.6 Å². The van der Waals surface area contributed by atoms with E-state index in [1.165, 1.54) is 14.5 Å². The van der Waals surface area contributed by atoms with Crippen LogP contribution in [-0.4, -0.2) is 142 Å². The number of primary amides is 1. The van der Waals surface area contributed by atoms with Gasteiger partial charge in [0, 0.05) is 95.0 Å². The van der Waals surface area contributed by atoms with Crippen molar-refractivity contribution in [2.75, 3.05) is 67.5 Å². The third-order valence-electron chi connectivity index (χ3n) is 14.3. The molecule has 2 fully saturated rings. The molecule has 3 aromatic carbocycles. The van der Waals surface area contributed by atoms with Gasteiger partial charge in [-0.05, 0) is 73.9 Å². The third-order valence-corrected chi connectivity index (χ3v) is 14.3. The normalized spacial score (nSPS) is 16.5. The van der Waals surface area contributed by atoms with Crippen LogP contribution < -0.4 is 36.8 Å². The molecule has 0 spiro atoms. The Kier molecular flexibility index (Phi) is 20.1. The molecule has 24 heteroatoms. The minimum Gasteiger partial charge on any atom is -0.481 e. The molecular weight excluding hydrogens is 1020 g/mol. The summed E-state index contributed by atoms with van der Waals surface area (Å²) in [5.74, 6) is -5.64. The van der Waals surface area contributed by atoms with Gasteiger partial charge in [-0.15, -0.1) is 5.10 Å². The lowest BCUT2D eigenvalue weighted by atomic mass is 9.90. The van der Waals surface area contributed by atoms with Gasteiger partial charge in [0.1, 0.15) is 36.1 Å². The number of halogens is 1. The van der Waals surface area contributed by atoms with Gasteiger partial charge in [-0.1, -0.05) is 67.9 Å². The van der Waals surface area contributed by atoms with Crippen molar-refractivity contribution >= 4 is 70.5 Å². The second-order valence-corrected chi connectivity index (χ2v) is 20.2. The Morgan fingerprint density at radius 3 is 2.22 bits per heavy atom. The number of urea groups is 1. The number of carboxylic acids is 1. The Morgan fingerprint density at radius 1 is 0.848 bits per heavy atom. The fraction of sp³-hybridized carbons (Fsp3) is 0.473. The number of likely N-dealkylation sites (tertiary alicyclic amines) is 1. The number of aromatic nitrogens is 3. The van der Waals surface area contributed by atoms with E-state index in [-0.39, 0.29) is 113 Å². The van der Waals surface area contributed by atoms with Gasteiger partial charge in [0.05, 0.1) is 17.9 Å². The van der Waals surface area contributed by atoms with E-state index in [4.69, 9.17) is 10.5 Å². The lowest BCUT2D eigenvalue weighted by molar-refractivity contribution is -0.140. The van der Waals surface area contributed by atoms with Gasteiger partial charge in [-0.25, -0.2) is 18.7 Å². The van der Waals surface area contributed by atoms with Crippen molar-refractivity contribution in [3.8, 4) is 0 Å². The summed E-state index contributed by atoms with van der Waals surface area (Å²) >= 11 is 0. The molecule has 422 valence electrons. The van der Waals surface area contributed by atoms with Gasteiger partial charge in [-0.3, -0.25) is 38.5 Å². The summed E-state index contributed by atoms with van der Waals surface area (Å²) in [7, 11) is 0. The molecule has 7 N–H and O–H groups in total. The van der Waals surface area contributed by atoms with Crippen molar-refractivity contribution in [3.05, 3.63) is 101 Å². The van der Waals surface area contributed by atoms with Gasteiger partial charge in [-0.2, -0.15) is 0 Å². The molecule has 7 rings (SSSR count). The molecule has 1 aromatic heterocycles. The number of rotatable bonds is 25. The Bertz CT molecular complexity index is 2840. The predicted molar refractivity (Wildman–Crippen MR) is 287 cm³/mol. The molecule has 4 atom stereocenters. The number of unbranched alkanes of at least 4 members (excludes halogenated alkanes) is 2. The minimum atomic E-state index is -1.28. The number of imide groups is 1. The van der Waals surface area contributed by atoms with Crippen LogP contribution in [0.15, 0.2) is 72.9 Å². The first kappa shape index (κ1) is 58.2. The van der Waals surface area contributed by atoms with Crippen molar-refractivity contribution < 1.29 is 57.4 Å². The van der Waals surface area contributed by atoms with Gasteiger partial charge >= 0.3 is 18.1 Å². The number of fused-ring (bicyclic) bond motifs is 1. The number of amides is 8. The topological polar surface area (TPSA) is 301 Å². The third kappa shape index (κ3) is 15.4.